The van der Waals surface area contributed by atoms with Crippen molar-refractivity contribution in [2.75, 3.05) is 0 Å². The Morgan fingerprint density at radius 1 is 1.58 bits per heavy atom. The predicted octanol–water partition coefficient (Wildman–Crippen LogP) is 1.48. The molecule has 3 N–H and O–H groups in total. The molecular formula is C8H8BrN3. The Hall–Kier alpha value is -0.890. The topological polar surface area (TPSA) is 61.8 Å². The SMILES string of the molecule is N#CC(NN)c1cccc(Br)c1. The van der Waals surface area contributed by atoms with E-state index in [2.05, 4.69) is 21.4 Å². The molecule has 1 aromatic rings. The van der Waals surface area contributed by atoms with E-state index in [-0.39, 0.29) is 0 Å². The maximum atomic E-state index is 8.66. The van der Waals surface area contributed by atoms with Gasteiger partial charge in [0, 0.05) is 4.47 Å². The molecule has 1 atom stereocenters. The van der Waals surface area contributed by atoms with Gasteiger partial charge >= 0.3 is 0 Å². The van der Waals surface area contributed by atoms with Crippen LogP contribution >= 0.6 is 15.9 Å². The van der Waals surface area contributed by atoms with E-state index in [4.69, 9.17) is 11.1 Å². The lowest BCUT2D eigenvalue weighted by Gasteiger charge is -2.06. The Morgan fingerprint density at radius 2 is 2.33 bits per heavy atom. The van der Waals surface area contributed by atoms with Crippen LogP contribution in [0.2, 0.25) is 0 Å². The number of hydrazine groups is 1. The van der Waals surface area contributed by atoms with Crippen molar-refractivity contribution in [3.8, 4) is 6.07 Å². The molecule has 1 rings (SSSR count). The Bertz CT molecular complexity index is 305. The zero-order valence-electron chi connectivity index (χ0n) is 6.29. The largest absolute Gasteiger partial charge is 0.270 e. The van der Waals surface area contributed by atoms with Crippen molar-refractivity contribution in [1.29, 1.82) is 5.26 Å². The Balaban J connectivity index is 2.95. The van der Waals surface area contributed by atoms with Gasteiger partial charge in [-0.2, -0.15) is 5.26 Å². The molecule has 0 radical (unpaired) electrons. The summed E-state index contributed by atoms with van der Waals surface area (Å²) < 4.78 is 0.940. The van der Waals surface area contributed by atoms with Gasteiger partial charge in [0.05, 0.1) is 6.07 Å². The molecule has 0 fully saturated rings. The molecule has 0 heterocycles. The smallest absolute Gasteiger partial charge is 0.133 e. The first-order valence-electron chi connectivity index (χ1n) is 3.39. The summed E-state index contributed by atoms with van der Waals surface area (Å²) in [6, 6.07) is 9.06. The van der Waals surface area contributed by atoms with Crippen molar-refractivity contribution in [1.82, 2.24) is 5.43 Å². The molecular weight excluding hydrogens is 218 g/mol. The van der Waals surface area contributed by atoms with Crippen molar-refractivity contribution in [3.05, 3.63) is 34.3 Å². The van der Waals surface area contributed by atoms with Crippen molar-refractivity contribution < 1.29 is 0 Å². The molecule has 0 spiro atoms. The first-order valence-corrected chi connectivity index (χ1v) is 4.18. The fourth-order valence-corrected chi connectivity index (χ4v) is 1.31. The normalized spacial score (nSPS) is 12.1. The van der Waals surface area contributed by atoms with Crippen molar-refractivity contribution in [2.45, 2.75) is 6.04 Å². The van der Waals surface area contributed by atoms with Crippen LogP contribution in [-0.2, 0) is 0 Å². The number of rotatable bonds is 2. The maximum absolute atomic E-state index is 8.66. The number of hydrogen-bond acceptors (Lipinski definition) is 3. The first kappa shape index (κ1) is 9.20. The van der Waals surface area contributed by atoms with E-state index in [9.17, 15) is 0 Å². The molecule has 1 aromatic carbocycles. The minimum atomic E-state index is -0.442. The minimum absolute atomic E-state index is 0.442. The van der Waals surface area contributed by atoms with Crippen LogP contribution in [0, 0.1) is 11.3 Å². The average molecular weight is 226 g/mol. The van der Waals surface area contributed by atoms with E-state index >= 15 is 0 Å². The third-order valence-electron chi connectivity index (χ3n) is 1.48. The minimum Gasteiger partial charge on any atom is -0.270 e. The van der Waals surface area contributed by atoms with Crippen molar-refractivity contribution >= 4 is 15.9 Å². The Labute approximate surface area is 79.3 Å². The van der Waals surface area contributed by atoms with Crippen LogP contribution < -0.4 is 11.3 Å². The van der Waals surface area contributed by atoms with E-state index in [0.29, 0.717) is 0 Å². The van der Waals surface area contributed by atoms with Crippen LogP contribution in [0.15, 0.2) is 28.7 Å². The number of nitrogens with two attached hydrogens (primary N) is 1. The molecule has 0 aliphatic carbocycles. The number of nitrogens with one attached hydrogen (secondary N) is 1. The highest BCUT2D eigenvalue weighted by molar-refractivity contribution is 9.10. The molecule has 12 heavy (non-hydrogen) atoms. The molecule has 0 saturated heterocycles. The molecule has 0 aliphatic heterocycles. The maximum Gasteiger partial charge on any atom is 0.133 e. The van der Waals surface area contributed by atoms with Crippen LogP contribution in [-0.4, -0.2) is 0 Å². The highest BCUT2D eigenvalue weighted by Crippen LogP contribution is 2.16. The predicted molar refractivity (Wildman–Crippen MR) is 49.8 cm³/mol. The number of halogens is 1. The molecule has 1 unspecified atom stereocenters. The molecule has 0 aliphatic rings. The highest BCUT2D eigenvalue weighted by Gasteiger charge is 2.06. The van der Waals surface area contributed by atoms with Gasteiger partial charge in [-0.05, 0) is 17.7 Å². The van der Waals surface area contributed by atoms with Crippen LogP contribution in [0.3, 0.4) is 0 Å². The quantitative estimate of drug-likeness (QED) is 0.593. The number of benzene rings is 1. The molecule has 0 aromatic heterocycles. The van der Waals surface area contributed by atoms with E-state index in [1.165, 1.54) is 0 Å². The van der Waals surface area contributed by atoms with E-state index in [1.54, 1.807) is 0 Å². The monoisotopic (exact) mass is 225 g/mol. The fourth-order valence-electron chi connectivity index (χ4n) is 0.894. The first-order chi connectivity index (χ1) is 5.77. The van der Waals surface area contributed by atoms with Crippen LogP contribution in [0.5, 0.6) is 0 Å². The lowest BCUT2D eigenvalue weighted by molar-refractivity contribution is 0.666. The highest BCUT2D eigenvalue weighted by atomic mass is 79.9. The molecule has 3 nitrogen and oxygen atoms in total. The van der Waals surface area contributed by atoms with Crippen LogP contribution in [0.4, 0.5) is 0 Å². The summed E-state index contributed by atoms with van der Waals surface area (Å²) >= 11 is 3.31. The van der Waals surface area contributed by atoms with Crippen molar-refractivity contribution in [2.24, 2.45) is 5.84 Å². The van der Waals surface area contributed by atoms with Gasteiger partial charge in [0.1, 0.15) is 6.04 Å². The van der Waals surface area contributed by atoms with Gasteiger partial charge in [0.2, 0.25) is 0 Å². The Morgan fingerprint density at radius 3 is 2.83 bits per heavy atom. The summed E-state index contributed by atoms with van der Waals surface area (Å²) in [7, 11) is 0. The zero-order chi connectivity index (χ0) is 8.97. The standard InChI is InChI=1S/C8H8BrN3/c9-7-3-1-2-6(4-7)8(5-10)12-11/h1-4,8,12H,11H2. The van der Waals surface area contributed by atoms with Gasteiger partial charge in [0.15, 0.2) is 0 Å². The number of nitrogens with zero attached hydrogens (tertiary/aromatic N) is 1. The van der Waals surface area contributed by atoms with Gasteiger partial charge in [-0.1, -0.05) is 28.1 Å². The lowest BCUT2D eigenvalue weighted by Crippen LogP contribution is -2.26. The second kappa shape index (κ2) is 4.21. The lowest BCUT2D eigenvalue weighted by atomic mass is 10.1. The number of hydrogen-bond donors (Lipinski definition) is 2. The average Bonchev–Trinajstić information content (AvgIpc) is 2.07. The molecule has 0 amide bonds. The fraction of sp³-hybridized carbons (Fsp3) is 0.125. The third kappa shape index (κ3) is 2.05. The molecule has 4 heteroatoms. The molecule has 62 valence electrons. The van der Waals surface area contributed by atoms with Gasteiger partial charge in [-0.25, -0.2) is 5.43 Å². The molecule has 0 saturated carbocycles. The molecule has 0 bridgehead atoms. The summed E-state index contributed by atoms with van der Waals surface area (Å²) in [4.78, 5) is 0. The van der Waals surface area contributed by atoms with Gasteiger partial charge < -0.3 is 0 Å². The summed E-state index contributed by atoms with van der Waals surface area (Å²) in [6.45, 7) is 0. The van der Waals surface area contributed by atoms with E-state index in [0.717, 1.165) is 10.0 Å². The van der Waals surface area contributed by atoms with Gasteiger partial charge in [-0.3, -0.25) is 5.84 Å². The second-order valence-corrected chi connectivity index (χ2v) is 3.20. The number of nitriles is 1. The summed E-state index contributed by atoms with van der Waals surface area (Å²) in [5.41, 5.74) is 3.27. The van der Waals surface area contributed by atoms with Crippen molar-refractivity contribution in [3.63, 3.8) is 0 Å². The van der Waals surface area contributed by atoms with Crippen LogP contribution in [0.1, 0.15) is 11.6 Å². The van der Waals surface area contributed by atoms with E-state index in [1.807, 2.05) is 30.3 Å². The Kier molecular flexibility index (Phi) is 3.23. The summed E-state index contributed by atoms with van der Waals surface area (Å²) in [5, 5.41) is 8.66. The van der Waals surface area contributed by atoms with Crippen LogP contribution in [0.25, 0.3) is 0 Å². The van der Waals surface area contributed by atoms with Gasteiger partial charge in [-0.15, -0.1) is 0 Å². The summed E-state index contributed by atoms with van der Waals surface area (Å²) in [6.07, 6.45) is 0. The van der Waals surface area contributed by atoms with Gasteiger partial charge in [0.25, 0.3) is 0 Å². The summed E-state index contributed by atoms with van der Waals surface area (Å²) in [5.74, 6) is 5.18. The van der Waals surface area contributed by atoms with E-state index < -0.39 is 6.04 Å². The second-order valence-electron chi connectivity index (χ2n) is 2.28. The zero-order valence-corrected chi connectivity index (χ0v) is 7.88. The third-order valence-corrected chi connectivity index (χ3v) is 1.97.